The molecule has 5 heteroatoms. The molecule has 0 unspecified atom stereocenters. The maximum atomic E-state index is 7.05. The molecule has 2 aliphatic rings. The van der Waals surface area contributed by atoms with Gasteiger partial charge in [0.25, 0.3) is 0 Å². The third-order valence-corrected chi connectivity index (χ3v) is 11.8. The lowest BCUT2D eigenvalue weighted by molar-refractivity contribution is 0.389. The Bertz CT molecular complexity index is 3150. The zero-order valence-corrected chi connectivity index (χ0v) is 30.6. The fraction of sp³-hybridized carbons (Fsp3) is 0.0196. The highest BCUT2D eigenvalue weighted by Crippen LogP contribution is 2.64. The van der Waals surface area contributed by atoms with E-state index in [-0.39, 0.29) is 0 Å². The second-order valence-electron chi connectivity index (χ2n) is 14.6. The third kappa shape index (κ3) is 4.36. The van der Waals surface area contributed by atoms with Crippen LogP contribution in [0.4, 0.5) is 17.1 Å². The zero-order chi connectivity index (χ0) is 37.0. The van der Waals surface area contributed by atoms with Crippen molar-refractivity contribution in [2.75, 3.05) is 4.90 Å². The van der Waals surface area contributed by atoms with Crippen molar-refractivity contribution in [3.05, 3.63) is 209 Å². The highest BCUT2D eigenvalue weighted by Gasteiger charge is 2.54. The van der Waals surface area contributed by atoms with E-state index in [9.17, 15) is 0 Å². The second-order valence-corrected chi connectivity index (χ2v) is 15.0. The Morgan fingerprint density at radius 2 is 1.02 bits per heavy atom. The molecule has 0 amide bonds. The number of para-hydroxylation sites is 1. The predicted molar refractivity (Wildman–Crippen MR) is 226 cm³/mol. The van der Waals surface area contributed by atoms with E-state index in [2.05, 4.69) is 157 Å². The monoisotopic (exact) mass is 739 g/mol. The molecule has 1 aliphatic carbocycles. The molecule has 4 nitrogen and oxygen atoms in total. The van der Waals surface area contributed by atoms with Crippen molar-refractivity contribution in [3.63, 3.8) is 0 Å². The summed E-state index contributed by atoms with van der Waals surface area (Å²) in [5.74, 6) is 2.18. The number of nitrogens with zero attached hydrogens (tertiary/aromatic N) is 1. The standard InChI is InChI=1S/C51H30ClNO3/c52-33-20-25-44-48(28-33)55-49-41-30-36(24-27-47(41)56-50(49)51(44)42-15-7-4-12-37(42)38-13-5-8-16-43(38)51)53(34-21-18-32(19-22-34)31-10-2-1-3-11-31)35-23-26-46-40(29-35)39-14-6-9-17-45(39)54-46/h1-30H. The van der Waals surface area contributed by atoms with Crippen LogP contribution in [0.2, 0.25) is 5.02 Å². The minimum Gasteiger partial charge on any atom is -0.456 e. The molecule has 0 fully saturated rings. The molecule has 2 aromatic heterocycles. The van der Waals surface area contributed by atoms with E-state index in [0.717, 1.165) is 83.7 Å². The number of fused-ring (bicyclic) bond motifs is 14. The van der Waals surface area contributed by atoms with Crippen LogP contribution in [0.5, 0.6) is 11.5 Å². The van der Waals surface area contributed by atoms with Gasteiger partial charge in [0, 0.05) is 38.4 Å². The minimum atomic E-state index is -0.736. The molecule has 1 spiro atoms. The van der Waals surface area contributed by atoms with Crippen LogP contribution in [-0.4, -0.2) is 0 Å². The molecule has 0 radical (unpaired) electrons. The highest BCUT2D eigenvalue weighted by atomic mass is 35.5. The fourth-order valence-electron chi connectivity index (χ4n) is 9.18. The molecular weight excluding hydrogens is 710 g/mol. The van der Waals surface area contributed by atoms with Crippen LogP contribution in [0.3, 0.4) is 0 Å². The summed E-state index contributed by atoms with van der Waals surface area (Å²) in [4.78, 5) is 2.29. The normalized spacial score (nSPS) is 13.4. The van der Waals surface area contributed by atoms with Gasteiger partial charge in [-0.05, 0) is 100 Å². The molecule has 56 heavy (non-hydrogen) atoms. The minimum absolute atomic E-state index is 0.614. The summed E-state index contributed by atoms with van der Waals surface area (Å²) >= 11 is 6.70. The summed E-state index contributed by atoms with van der Waals surface area (Å²) in [7, 11) is 0. The first-order valence-electron chi connectivity index (χ1n) is 18.8. The lowest BCUT2D eigenvalue weighted by Gasteiger charge is -2.36. The summed E-state index contributed by atoms with van der Waals surface area (Å²) in [5, 5.41) is 3.63. The number of ether oxygens (including phenoxy) is 1. The van der Waals surface area contributed by atoms with Crippen LogP contribution in [-0.2, 0) is 5.41 Å². The van der Waals surface area contributed by atoms with Crippen LogP contribution >= 0.6 is 11.6 Å². The number of hydrogen-bond acceptors (Lipinski definition) is 4. The molecule has 0 N–H and O–H groups in total. The number of anilines is 3. The molecule has 10 aromatic rings. The quantitative estimate of drug-likeness (QED) is 0.180. The first-order chi connectivity index (χ1) is 27.6. The Morgan fingerprint density at radius 1 is 0.429 bits per heavy atom. The average molecular weight is 740 g/mol. The number of furan rings is 2. The van der Waals surface area contributed by atoms with Crippen LogP contribution < -0.4 is 9.64 Å². The topological polar surface area (TPSA) is 38.8 Å². The van der Waals surface area contributed by atoms with Gasteiger partial charge in [-0.3, -0.25) is 0 Å². The fourth-order valence-corrected chi connectivity index (χ4v) is 9.34. The Morgan fingerprint density at radius 3 is 1.77 bits per heavy atom. The summed E-state index contributed by atoms with van der Waals surface area (Å²) in [6.45, 7) is 0. The van der Waals surface area contributed by atoms with Gasteiger partial charge >= 0.3 is 0 Å². The maximum absolute atomic E-state index is 7.05. The number of halogens is 1. The first kappa shape index (κ1) is 31.4. The molecule has 0 bridgehead atoms. The Balaban J connectivity index is 1.09. The molecule has 0 saturated heterocycles. The molecule has 0 saturated carbocycles. The van der Waals surface area contributed by atoms with Gasteiger partial charge in [0.05, 0.1) is 5.39 Å². The van der Waals surface area contributed by atoms with Gasteiger partial charge in [-0.2, -0.15) is 0 Å². The van der Waals surface area contributed by atoms with E-state index < -0.39 is 5.41 Å². The van der Waals surface area contributed by atoms with Crippen LogP contribution in [0.25, 0.3) is 55.2 Å². The van der Waals surface area contributed by atoms with Crippen molar-refractivity contribution >= 4 is 61.6 Å². The van der Waals surface area contributed by atoms with Gasteiger partial charge in [-0.1, -0.05) is 127 Å². The van der Waals surface area contributed by atoms with E-state index in [0.29, 0.717) is 10.8 Å². The molecule has 1 aliphatic heterocycles. The lowest BCUT2D eigenvalue weighted by atomic mass is 9.69. The lowest BCUT2D eigenvalue weighted by Crippen LogP contribution is -2.31. The van der Waals surface area contributed by atoms with E-state index in [1.807, 2.05) is 30.3 Å². The first-order valence-corrected chi connectivity index (χ1v) is 19.1. The van der Waals surface area contributed by atoms with Crippen molar-refractivity contribution in [1.29, 1.82) is 0 Å². The van der Waals surface area contributed by atoms with E-state index in [1.54, 1.807) is 0 Å². The largest absolute Gasteiger partial charge is 0.456 e. The predicted octanol–water partition coefficient (Wildman–Crippen LogP) is 14.6. The summed E-state index contributed by atoms with van der Waals surface area (Å²) < 4.78 is 20.2. The van der Waals surface area contributed by atoms with E-state index in [1.165, 1.54) is 16.7 Å². The molecule has 8 aromatic carbocycles. The molecule has 3 heterocycles. The SMILES string of the molecule is Clc1ccc2c(c1)Oc1c(oc3ccc(N(c4ccc(-c5ccccc5)cc4)c4ccc5oc6ccccc6c5c4)cc13)C21c2ccccc2-c2ccccc21. The van der Waals surface area contributed by atoms with Crippen molar-refractivity contribution in [3.8, 4) is 33.8 Å². The maximum Gasteiger partial charge on any atom is 0.178 e. The van der Waals surface area contributed by atoms with E-state index >= 15 is 0 Å². The second kappa shape index (κ2) is 11.7. The Kier molecular flexibility index (Phi) is 6.57. The molecule has 264 valence electrons. The third-order valence-electron chi connectivity index (χ3n) is 11.6. The van der Waals surface area contributed by atoms with Gasteiger partial charge in [0.2, 0.25) is 0 Å². The van der Waals surface area contributed by atoms with Crippen LogP contribution in [0.1, 0.15) is 22.5 Å². The van der Waals surface area contributed by atoms with Crippen molar-refractivity contribution in [2.24, 2.45) is 0 Å². The van der Waals surface area contributed by atoms with Crippen LogP contribution in [0.15, 0.2) is 191 Å². The van der Waals surface area contributed by atoms with Gasteiger partial charge in [0.1, 0.15) is 27.9 Å². The van der Waals surface area contributed by atoms with Gasteiger partial charge in [-0.25, -0.2) is 0 Å². The van der Waals surface area contributed by atoms with Crippen molar-refractivity contribution in [2.45, 2.75) is 5.41 Å². The van der Waals surface area contributed by atoms with Crippen molar-refractivity contribution < 1.29 is 13.6 Å². The Hall–Kier alpha value is -7.01. The van der Waals surface area contributed by atoms with Gasteiger partial charge in [0.15, 0.2) is 11.5 Å². The summed E-state index contributed by atoms with van der Waals surface area (Å²) in [6, 6.07) is 63.5. The number of benzene rings is 8. The number of hydrogen-bond donors (Lipinski definition) is 0. The smallest absolute Gasteiger partial charge is 0.178 e. The zero-order valence-electron chi connectivity index (χ0n) is 29.9. The molecule has 0 atom stereocenters. The molecular formula is C51H30ClNO3. The summed E-state index contributed by atoms with van der Waals surface area (Å²) in [6.07, 6.45) is 0. The molecule has 12 rings (SSSR count). The van der Waals surface area contributed by atoms with Gasteiger partial charge < -0.3 is 18.5 Å². The van der Waals surface area contributed by atoms with Gasteiger partial charge in [-0.15, -0.1) is 0 Å². The average Bonchev–Trinajstić information content (AvgIpc) is 3.90. The van der Waals surface area contributed by atoms with E-state index in [4.69, 9.17) is 25.2 Å². The van der Waals surface area contributed by atoms with Crippen molar-refractivity contribution in [1.82, 2.24) is 0 Å². The Labute approximate surface area is 327 Å². The highest BCUT2D eigenvalue weighted by molar-refractivity contribution is 6.30. The van der Waals surface area contributed by atoms with Crippen LogP contribution in [0, 0.1) is 0 Å². The summed E-state index contributed by atoms with van der Waals surface area (Å²) in [5.41, 5.74) is 12.7. The number of rotatable bonds is 4.